The van der Waals surface area contributed by atoms with Crippen LogP contribution in [0.1, 0.15) is 28.2 Å². The number of aromatic nitrogens is 1. The first-order valence-corrected chi connectivity index (χ1v) is 6.70. The first-order chi connectivity index (χ1) is 7.86. The van der Waals surface area contributed by atoms with Crippen LogP contribution in [0.15, 0.2) is 24.4 Å². The second kappa shape index (κ2) is 4.02. The first kappa shape index (κ1) is 10.0. The van der Waals surface area contributed by atoms with Gasteiger partial charge in [-0.05, 0) is 50.3 Å². The lowest BCUT2D eigenvalue weighted by atomic mass is 9.93. The fourth-order valence-electron chi connectivity index (χ4n) is 2.55. The lowest BCUT2D eigenvalue weighted by Gasteiger charge is -2.12. The molecule has 0 atom stereocenters. The van der Waals surface area contributed by atoms with E-state index < -0.39 is 0 Å². The Bertz CT molecular complexity index is 499. The van der Waals surface area contributed by atoms with Crippen molar-refractivity contribution in [3.63, 3.8) is 0 Å². The molecule has 0 saturated heterocycles. The molecular formula is C14H15NS. The third-order valence-corrected chi connectivity index (χ3v) is 4.48. The normalized spacial score (nSPS) is 14.8. The monoisotopic (exact) mass is 229 g/mol. The molecule has 2 heterocycles. The fourth-order valence-corrected chi connectivity index (χ4v) is 3.82. The molecule has 0 unspecified atom stereocenters. The summed E-state index contributed by atoms with van der Waals surface area (Å²) < 4.78 is 0. The Hall–Kier alpha value is -1.15. The smallest absolute Gasteiger partial charge is 0.0715 e. The molecule has 0 amide bonds. The van der Waals surface area contributed by atoms with Crippen LogP contribution in [0.3, 0.4) is 0 Å². The molecule has 3 rings (SSSR count). The van der Waals surface area contributed by atoms with Crippen molar-refractivity contribution in [1.82, 2.24) is 4.98 Å². The van der Waals surface area contributed by atoms with Crippen LogP contribution in [0.2, 0.25) is 0 Å². The lowest BCUT2D eigenvalue weighted by Crippen LogP contribution is -1.99. The maximum absolute atomic E-state index is 4.50. The zero-order chi connectivity index (χ0) is 11.0. The molecule has 2 heteroatoms. The summed E-state index contributed by atoms with van der Waals surface area (Å²) in [6.45, 7) is 2.23. The van der Waals surface area contributed by atoms with Gasteiger partial charge in [-0.25, -0.2) is 0 Å². The summed E-state index contributed by atoms with van der Waals surface area (Å²) in [5.74, 6) is 0. The molecule has 1 nitrogen and oxygen atoms in total. The minimum Gasteiger partial charge on any atom is -0.256 e. The Labute approximate surface area is 100 Å². The molecule has 2 aromatic heterocycles. The van der Waals surface area contributed by atoms with E-state index in [9.17, 15) is 0 Å². The van der Waals surface area contributed by atoms with Gasteiger partial charge in [0.2, 0.25) is 0 Å². The van der Waals surface area contributed by atoms with Crippen molar-refractivity contribution >= 4 is 11.3 Å². The molecule has 0 spiro atoms. The van der Waals surface area contributed by atoms with Crippen LogP contribution in [0.25, 0.3) is 11.3 Å². The van der Waals surface area contributed by atoms with Gasteiger partial charge in [0.05, 0.1) is 5.69 Å². The van der Waals surface area contributed by atoms with E-state index in [1.807, 2.05) is 23.6 Å². The summed E-state index contributed by atoms with van der Waals surface area (Å²) in [4.78, 5) is 7.53. The summed E-state index contributed by atoms with van der Waals surface area (Å²) in [6.07, 6.45) is 7.10. The van der Waals surface area contributed by atoms with E-state index in [4.69, 9.17) is 0 Å². The number of rotatable bonds is 1. The molecule has 0 aromatic carbocycles. The number of hydrogen-bond donors (Lipinski definition) is 0. The first-order valence-electron chi connectivity index (χ1n) is 5.89. The van der Waals surface area contributed by atoms with Gasteiger partial charge in [0.25, 0.3) is 0 Å². The molecule has 1 aliphatic carbocycles. The van der Waals surface area contributed by atoms with Crippen LogP contribution in [0.5, 0.6) is 0 Å². The molecule has 0 bridgehead atoms. The number of aryl methyl sites for hydroxylation is 2. The minimum atomic E-state index is 1.15. The van der Waals surface area contributed by atoms with E-state index in [1.54, 1.807) is 10.4 Å². The third kappa shape index (κ3) is 1.57. The zero-order valence-corrected chi connectivity index (χ0v) is 10.3. The van der Waals surface area contributed by atoms with E-state index in [0.717, 1.165) is 5.69 Å². The Kier molecular flexibility index (Phi) is 2.52. The van der Waals surface area contributed by atoms with E-state index >= 15 is 0 Å². The van der Waals surface area contributed by atoms with Crippen molar-refractivity contribution in [2.24, 2.45) is 0 Å². The summed E-state index contributed by atoms with van der Waals surface area (Å²) in [7, 11) is 0. The van der Waals surface area contributed by atoms with Gasteiger partial charge in [0.15, 0.2) is 0 Å². The van der Waals surface area contributed by atoms with Gasteiger partial charge in [-0.2, -0.15) is 0 Å². The number of thiophene rings is 1. The minimum absolute atomic E-state index is 1.15. The Morgan fingerprint density at radius 3 is 2.88 bits per heavy atom. The van der Waals surface area contributed by atoms with Gasteiger partial charge < -0.3 is 0 Å². The standard InChI is InChI=1S/C14H15NS/c1-10-14(12-7-4-5-9-15-12)11-6-2-3-8-13(11)16-10/h4-5,7,9H,2-3,6,8H2,1H3. The average molecular weight is 229 g/mol. The van der Waals surface area contributed by atoms with E-state index in [2.05, 4.69) is 24.0 Å². The lowest BCUT2D eigenvalue weighted by molar-refractivity contribution is 0.698. The predicted molar refractivity (Wildman–Crippen MR) is 68.9 cm³/mol. The van der Waals surface area contributed by atoms with Crippen molar-refractivity contribution in [2.45, 2.75) is 32.6 Å². The summed E-state index contributed by atoms with van der Waals surface area (Å²) in [5, 5.41) is 0. The number of fused-ring (bicyclic) bond motifs is 1. The molecule has 0 saturated carbocycles. The van der Waals surface area contributed by atoms with Crippen molar-refractivity contribution in [2.75, 3.05) is 0 Å². The molecule has 1 aliphatic rings. The third-order valence-electron chi connectivity index (χ3n) is 3.27. The predicted octanol–water partition coefficient (Wildman–Crippen LogP) is 4.00. The number of pyridine rings is 1. The largest absolute Gasteiger partial charge is 0.256 e. The average Bonchev–Trinajstić information content (AvgIpc) is 2.66. The molecule has 0 radical (unpaired) electrons. The molecule has 16 heavy (non-hydrogen) atoms. The van der Waals surface area contributed by atoms with E-state index in [1.165, 1.54) is 36.1 Å². The quantitative estimate of drug-likeness (QED) is 0.720. The highest BCUT2D eigenvalue weighted by Gasteiger charge is 2.19. The van der Waals surface area contributed by atoms with E-state index in [0.29, 0.717) is 0 Å². The molecule has 82 valence electrons. The summed E-state index contributed by atoms with van der Waals surface area (Å²) in [5.41, 5.74) is 4.15. The molecule has 2 aromatic rings. The Morgan fingerprint density at radius 1 is 1.19 bits per heavy atom. The van der Waals surface area contributed by atoms with Crippen molar-refractivity contribution < 1.29 is 0 Å². The second-order valence-electron chi connectivity index (χ2n) is 4.36. The Morgan fingerprint density at radius 2 is 2.06 bits per heavy atom. The molecular weight excluding hydrogens is 214 g/mol. The molecule has 0 aliphatic heterocycles. The van der Waals surface area contributed by atoms with Crippen LogP contribution >= 0.6 is 11.3 Å². The highest BCUT2D eigenvalue weighted by atomic mass is 32.1. The zero-order valence-electron chi connectivity index (χ0n) is 9.49. The SMILES string of the molecule is Cc1sc2c(c1-c1ccccn1)CCCC2. The molecule has 0 fully saturated rings. The second-order valence-corrected chi connectivity index (χ2v) is 5.67. The van der Waals surface area contributed by atoms with Gasteiger partial charge >= 0.3 is 0 Å². The van der Waals surface area contributed by atoms with Gasteiger partial charge in [0, 0.05) is 21.5 Å². The maximum Gasteiger partial charge on any atom is 0.0715 e. The van der Waals surface area contributed by atoms with Crippen LogP contribution in [-0.2, 0) is 12.8 Å². The van der Waals surface area contributed by atoms with Crippen LogP contribution in [0.4, 0.5) is 0 Å². The topological polar surface area (TPSA) is 12.9 Å². The highest BCUT2D eigenvalue weighted by molar-refractivity contribution is 7.12. The van der Waals surface area contributed by atoms with E-state index in [-0.39, 0.29) is 0 Å². The van der Waals surface area contributed by atoms with Crippen LogP contribution < -0.4 is 0 Å². The summed E-state index contributed by atoms with van der Waals surface area (Å²) >= 11 is 1.97. The van der Waals surface area contributed by atoms with Crippen molar-refractivity contribution in [1.29, 1.82) is 0 Å². The number of nitrogens with zero attached hydrogens (tertiary/aromatic N) is 1. The van der Waals surface area contributed by atoms with Crippen molar-refractivity contribution in [3.8, 4) is 11.3 Å². The van der Waals surface area contributed by atoms with Gasteiger partial charge in [-0.15, -0.1) is 11.3 Å². The van der Waals surface area contributed by atoms with Gasteiger partial charge in [-0.1, -0.05) is 6.07 Å². The van der Waals surface area contributed by atoms with Gasteiger partial charge in [0.1, 0.15) is 0 Å². The van der Waals surface area contributed by atoms with Crippen LogP contribution in [0, 0.1) is 6.92 Å². The maximum atomic E-state index is 4.50. The van der Waals surface area contributed by atoms with Crippen molar-refractivity contribution in [3.05, 3.63) is 39.7 Å². The fraction of sp³-hybridized carbons (Fsp3) is 0.357. The summed E-state index contributed by atoms with van der Waals surface area (Å²) in [6, 6.07) is 6.19. The van der Waals surface area contributed by atoms with Crippen LogP contribution in [-0.4, -0.2) is 4.98 Å². The number of hydrogen-bond acceptors (Lipinski definition) is 2. The highest BCUT2D eigenvalue weighted by Crippen LogP contribution is 2.39. The Balaban J connectivity index is 2.17. The molecule has 0 N–H and O–H groups in total. The van der Waals surface area contributed by atoms with Gasteiger partial charge in [-0.3, -0.25) is 4.98 Å².